The summed E-state index contributed by atoms with van der Waals surface area (Å²) in [5, 5.41) is 7.49. The van der Waals surface area contributed by atoms with Crippen LogP contribution in [0.4, 0.5) is 0 Å². The van der Waals surface area contributed by atoms with Gasteiger partial charge in [0, 0.05) is 18.6 Å². The summed E-state index contributed by atoms with van der Waals surface area (Å²) in [6.07, 6.45) is 10.7. The van der Waals surface area contributed by atoms with Crippen LogP contribution in [0.1, 0.15) is 51.9 Å². The van der Waals surface area contributed by atoms with Crippen LogP contribution in [0.2, 0.25) is 0 Å². The van der Waals surface area contributed by atoms with E-state index < -0.39 is 0 Å². The molecule has 0 aromatic rings. The van der Waals surface area contributed by atoms with Crippen LogP contribution < -0.4 is 10.6 Å². The average Bonchev–Trinajstić information content (AvgIpc) is 2.70. The van der Waals surface area contributed by atoms with E-state index in [0.29, 0.717) is 11.5 Å². The molecule has 5 rings (SSSR count). The second-order valence-corrected chi connectivity index (χ2v) is 7.94. The monoisotopic (exact) mass is 248 g/mol. The van der Waals surface area contributed by atoms with Gasteiger partial charge in [0.15, 0.2) is 0 Å². The summed E-state index contributed by atoms with van der Waals surface area (Å²) in [6, 6.07) is 1.41. The fourth-order valence-corrected chi connectivity index (χ4v) is 5.99. The zero-order valence-corrected chi connectivity index (χ0v) is 11.8. The molecule has 0 amide bonds. The molecule has 2 atom stereocenters. The van der Waals surface area contributed by atoms with Crippen LogP contribution in [-0.2, 0) is 0 Å². The second kappa shape index (κ2) is 4.21. The molecule has 1 heterocycles. The van der Waals surface area contributed by atoms with Crippen LogP contribution in [-0.4, -0.2) is 25.2 Å². The molecular weight excluding hydrogens is 220 g/mol. The lowest BCUT2D eigenvalue weighted by atomic mass is 9.49. The third-order valence-electron chi connectivity index (χ3n) is 6.43. The molecule has 5 fully saturated rings. The zero-order chi connectivity index (χ0) is 12.2. The molecule has 2 heteroatoms. The van der Waals surface area contributed by atoms with Crippen molar-refractivity contribution in [2.45, 2.75) is 64.0 Å². The highest BCUT2D eigenvalue weighted by Crippen LogP contribution is 2.59. The van der Waals surface area contributed by atoms with E-state index in [-0.39, 0.29) is 0 Å². The molecule has 2 nitrogen and oxygen atoms in total. The van der Waals surface area contributed by atoms with Gasteiger partial charge in [-0.1, -0.05) is 0 Å². The van der Waals surface area contributed by atoms with Crippen molar-refractivity contribution in [3.8, 4) is 0 Å². The van der Waals surface area contributed by atoms with Crippen molar-refractivity contribution < 1.29 is 0 Å². The highest BCUT2D eigenvalue weighted by molar-refractivity contribution is 5.03. The highest BCUT2D eigenvalue weighted by Gasteiger charge is 2.50. The molecular formula is C16H28N2. The average molecular weight is 248 g/mol. The van der Waals surface area contributed by atoms with Crippen LogP contribution >= 0.6 is 0 Å². The summed E-state index contributed by atoms with van der Waals surface area (Å²) in [5.41, 5.74) is 0.705. The molecule has 4 aliphatic carbocycles. The molecule has 102 valence electrons. The number of rotatable bonds is 3. The zero-order valence-electron chi connectivity index (χ0n) is 11.8. The van der Waals surface area contributed by atoms with E-state index in [9.17, 15) is 0 Å². The minimum absolute atomic E-state index is 0.680. The summed E-state index contributed by atoms with van der Waals surface area (Å²) >= 11 is 0. The number of hydrogen-bond acceptors (Lipinski definition) is 2. The molecule has 0 aromatic heterocycles. The summed E-state index contributed by atoms with van der Waals surface area (Å²) in [7, 11) is 0. The Hall–Kier alpha value is -0.0800. The van der Waals surface area contributed by atoms with Crippen LogP contribution in [0.5, 0.6) is 0 Å². The summed E-state index contributed by atoms with van der Waals surface area (Å²) < 4.78 is 0. The molecule has 0 radical (unpaired) electrons. The van der Waals surface area contributed by atoms with Crippen LogP contribution in [0.25, 0.3) is 0 Å². The Morgan fingerprint density at radius 3 is 2.17 bits per heavy atom. The van der Waals surface area contributed by atoms with Crippen LogP contribution in [0.3, 0.4) is 0 Å². The smallest absolute Gasteiger partial charge is 0.0230 e. The van der Waals surface area contributed by atoms with Crippen molar-refractivity contribution in [2.24, 2.45) is 23.2 Å². The van der Waals surface area contributed by atoms with Crippen LogP contribution in [0, 0.1) is 23.2 Å². The SMILES string of the molecule is C[C@@H]1NCC[C@H]1NCC12CC3CC(CC(C3)C1)C2. The predicted octanol–water partition coefficient (Wildman–Crippen LogP) is 2.54. The fourth-order valence-electron chi connectivity index (χ4n) is 5.99. The maximum Gasteiger partial charge on any atom is 0.0230 e. The van der Waals surface area contributed by atoms with Gasteiger partial charge in [0.1, 0.15) is 0 Å². The van der Waals surface area contributed by atoms with E-state index in [0.717, 1.165) is 23.8 Å². The van der Waals surface area contributed by atoms with Gasteiger partial charge in [0.25, 0.3) is 0 Å². The first-order chi connectivity index (χ1) is 8.72. The Morgan fingerprint density at radius 2 is 1.67 bits per heavy atom. The molecule has 0 unspecified atom stereocenters. The molecule has 5 aliphatic rings. The first kappa shape index (κ1) is 11.7. The first-order valence-electron chi connectivity index (χ1n) is 8.19. The Morgan fingerprint density at radius 1 is 1.06 bits per heavy atom. The Bertz CT molecular complexity index is 290. The lowest BCUT2D eigenvalue weighted by molar-refractivity contribution is -0.0525. The molecule has 0 aromatic carbocycles. The maximum atomic E-state index is 3.93. The van der Waals surface area contributed by atoms with Crippen molar-refractivity contribution in [3.05, 3.63) is 0 Å². The predicted molar refractivity (Wildman–Crippen MR) is 74.5 cm³/mol. The van der Waals surface area contributed by atoms with Gasteiger partial charge >= 0.3 is 0 Å². The van der Waals surface area contributed by atoms with E-state index in [2.05, 4.69) is 17.6 Å². The van der Waals surface area contributed by atoms with E-state index >= 15 is 0 Å². The molecule has 1 saturated heterocycles. The summed E-state index contributed by atoms with van der Waals surface area (Å²) in [4.78, 5) is 0. The number of hydrogen-bond donors (Lipinski definition) is 2. The van der Waals surface area contributed by atoms with Crippen LogP contribution in [0.15, 0.2) is 0 Å². The second-order valence-electron chi connectivity index (χ2n) is 7.94. The molecule has 4 bridgehead atoms. The number of nitrogens with one attached hydrogen (secondary N) is 2. The molecule has 4 saturated carbocycles. The lowest BCUT2D eigenvalue weighted by Gasteiger charge is -2.57. The molecule has 18 heavy (non-hydrogen) atoms. The molecule has 0 spiro atoms. The van der Waals surface area contributed by atoms with Gasteiger partial charge in [0.05, 0.1) is 0 Å². The Kier molecular flexibility index (Phi) is 2.74. The van der Waals surface area contributed by atoms with Gasteiger partial charge in [-0.15, -0.1) is 0 Å². The largest absolute Gasteiger partial charge is 0.313 e. The van der Waals surface area contributed by atoms with Crippen molar-refractivity contribution in [2.75, 3.05) is 13.1 Å². The van der Waals surface area contributed by atoms with E-state index in [4.69, 9.17) is 0 Å². The molecule has 2 N–H and O–H groups in total. The van der Waals surface area contributed by atoms with Crippen molar-refractivity contribution in [3.63, 3.8) is 0 Å². The van der Waals surface area contributed by atoms with Crippen molar-refractivity contribution in [1.82, 2.24) is 10.6 Å². The summed E-state index contributed by atoms with van der Waals surface area (Å²) in [5.74, 6) is 3.28. The van der Waals surface area contributed by atoms with Gasteiger partial charge in [-0.3, -0.25) is 0 Å². The lowest BCUT2D eigenvalue weighted by Crippen LogP contribution is -2.52. The third-order valence-corrected chi connectivity index (χ3v) is 6.43. The van der Waals surface area contributed by atoms with E-state index in [1.165, 1.54) is 19.5 Å². The van der Waals surface area contributed by atoms with Crippen molar-refractivity contribution >= 4 is 0 Å². The van der Waals surface area contributed by atoms with Gasteiger partial charge in [-0.25, -0.2) is 0 Å². The Balaban J connectivity index is 1.41. The highest BCUT2D eigenvalue weighted by atomic mass is 15.1. The topological polar surface area (TPSA) is 24.1 Å². The minimum atomic E-state index is 0.680. The minimum Gasteiger partial charge on any atom is -0.313 e. The van der Waals surface area contributed by atoms with Gasteiger partial charge in [0.2, 0.25) is 0 Å². The standard InChI is InChI=1S/C16H28N2/c1-11-15(2-3-17-11)18-10-16-7-12-4-13(8-16)6-14(5-12)9-16/h11-15,17-18H,2-10H2,1H3/t11-,12?,13?,14?,15+,16?/m0/s1. The normalized spacial score (nSPS) is 54.2. The fraction of sp³-hybridized carbons (Fsp3) is 1.00. The van der Waals surface area contributed by atoms with Gasteiger partial charge < -0.3 is 10.6 Å². The summed E-state index contributed by atoms with van der Waals surface area (Å²) in [6.45, 7) is 4.86. The first-order valence-corrected chi connectivity index (χ1v) is 8.19. The van der Waals surface area contributed by atoms with Gasteiger partial charge in [-0.05, 0) is 81.6 Å². The van der Waals surface area contributed by atoms with Crippen molar-refractivity contribution in [1.29, 1.82) is 0 Å². The van der Waals surface area contributed by atoms with Gasteiger partial charge in [-0.2, -0.15) is 0 Å². The van der Waals surface area contributed by atoms with E-state index in [1.54, 1.807) is 38.5 Å². The maximum absolute atomic E-state index is 3.93. The molecule has 1 aliphatic heterocycles. The van der Waals surface area contributed by atoms with E-state index in [1.807, 2.05) is 0 Å². The Labute approximate surface area is 111 Å². The third kappa shape index (κ3) is 1.92. The quantitative estimate of drug-likeness (QED) is 0.802.